The lowest BCUT2D eigenvalue weighted by Crippen LogP contribution is -2.06. The van der Waals surface area contributed by atoms with Gasteiger partial charge in [0.1, 0.15) is 5.75 Å². The van der Waals surface area contributed by atoms with Crippen molar-refractivity contribution in [2.45, 2.75) is 26.2 Å². The number of rotatable bonds is 5. The molecule has 0 saturated carbocycles. The van der Waals surface area contributed by atoms with E-state index in [-0.39, 0.29) is 5.97 Å². The highest BCUT2D eigenvalue weighted by Crippen LogP contribution is 2.10. The van der Waals surface area contributed by atoms with Gasteiger partial charge in [-0.2, -0.15) is 0 Å². The summed E-state index contributed by atoms with van der Waals surface area (Å²) in [7, 11) is 0. The zero-order valence-electron chi connectivity index (χ0n) is 8.98. The van der Waals surface area contributed by atoms with Crippen LogP contribution in [-0.4, -0.2) is 5.97 Å². The first-order valence-corrected chi connectivity index (χ1v) is 5.20. The minimum atomic E-state index is -0.161. The van der Waals surface area contributed by atoms with Crippen molar-refractivity contribution >= 4 is 5.97 Å². The number of carbonyl (C=O) groups excluding carboxylic acids is 1. The second-order valence-electron chi connectivity index (χ2n) is 3.25. The van der Waals surface area contributed by atoms with Crippen LogP contribution in [0.2, 0.25) is 0 Å². The number of hydrogen-bond donors (Lipinski definition) is 0. The molecule has 0 unspecified atom stereocenters. The van der Waals surface area contributed by atoms with Gasteiger partial charge in [0.2, 0.25) is 0 Å². The highest BCUT2D eigenvalue weighted by Gasteiger charge is 2.02. The molecule has 0 fully saturated rings. The number of allylic oxidation sites excluding steroid dienone is 2. The largest absolute Gasteiger partial charge is 0.427 e. The maximum atomic E-state index is 11.3. The molecule has 2 nitrogen and oxygen atoms in total. The lowest BCUT2D eigenvalue weighted by Gasteiger charge is -2.02. The maximum absolute atomic E-state index is 11.3. The number of carbonyl (C=O) groups is 1. The van der Waals surface area contributed by atoms with E-state index >= 15 is 0 Å². The summed E-state index contributed by atoms with van der Waals surface area (Å²) in [6.45, 7) is 1.97. The minimum Gasteiger partial charge on any atom is -0.427 e. The van der Waals surface area contributed by atoms with Gasteiger partial charge in [0.05, 0.1) is 0 Å². The molecule has 1 rings (SSSR count). The number of para-hydroxylation sites is 1. The SMILES string of the molecule is C/C=C\CCCC(=O)Oc1ccccc1. The van der Waals surface area contributed by atoms with Gasteiger partial charge in [-0.3, -0.25) is 4.79 Å². The third-order valence-electron chi connectivity index (χ3n) is 1.96. The standard InChI is InChI=1S/C13H16O2/c1-2-3-4-8-11-13(14)15-12-9-6-5-7-10-12/h2-3,5-7,9-10H,4,8,11H2,1H3/b3-2-. The van der Waals surface area contributed by atoms with Crippen LogP contribution in [0.1, 0.15) is 26.2 Å². The molecule has 0 bridgehead atoms. The Morgan fingerprint density at radius 3 is 2.73 bits per heavy atom. The third-order valence-corrected chi connectivity index (χ3v) is 1.96. The summed E-state index contributed by atoms with van der Waals surface area (Å²) < 4.78 is 5.13. The van der Waals surface area contributed by atoms with Gasteiger partial charge in [0.25, 0.3) is 0 Å². The van der Waals surface area contributed by atoms with Crippen molar-refractivity contribution < 1.29 is 9.53 Å². The van der Waals surface area contributed by atoms with Crippen LogP contribution < -0.4 is 4.74 Å². The molecular formula is C13H16O2. The average molecular weight is 204 g/mol. The van der Waals surface area contributed by atoms with E-state index < -0.39 is 0 Å². The van der Waals surface area contributed by atoms with Crippen LogP contribution in [0, 0.1) is 0 Å². The smallest absolute Gasteiger partial charge is 0.311 e. The maximum Gasteiger partial charge on any atom is 0.311 e. The van der Waals surface area contributed by atoms with Crippen LogP contribution in [0.25, 0.3) is 0 Å². The van der Waals surface area contributed by atoms with Gasteiger partial charge < -0.3 is 4.74 Å². The summed E-state index contributed by atoms with van der Waals surface area (Å²) in [6.07, 6.45) is 6.29. The molecule has 0 aliphatic rings. The van der Waals surface area contributed by atoms with Crippen molar-refractivity contribution in [1.82, 2.24) is 0 Å². The topological polar surface area (TPSA) is 26.3 Å². The molecule has 0 saturated heterocycles. The van der Waals surface area contributed by atoms with Crippen LogP contribution in [-0.2, 0) is 4.79 Å². The zero-order valence-corrected chi connectivity index (χ0v) is 8.98. The number of benzene rings is 1. The van der Waals surface area contributed by atoms with Crippen molar-refractivity contribution in [2.75, 3.05) is 0 Å². The van der Waals surface area contributed by atoms with E-state index in [1.54, 1.807) is 12.1 Å². The summed E-state index contributed by atoms with van der Waals surface area (Å²) in [6, 6.07) is 9.15. The van der Waals surface area contributed by atoms with Gasteiger partial charge in [-0.1, -0.05) is 30.4 Å². The van der Waals surface area contributed by atoms with Gasteiger partial charge in [-0.25, -0.2) is 0 Å². The lowest BCUT2D eigenvalue weighted by atomic mass is 10.2. The number of hydrogen-bond acceptors (Lipinski definition) is 2. The lowest BCUT2D eigenvalue weighted by molar-refractivity contribution is -0.134. The van der Waals surface area contributed by atoms with E-state index in [2.05, 4.69) is 6.08 Å². The fourth-order valence-corrected chi connectivity index (χ4v) is 1.20. The first-order chi connectivity index (χ1) is 7.33. The van der Waals surface area contributed by atoms with E-state index in [1.165, 1.54) is 0 Å². The summed E-state index contributed by atoms with van der Waals surface area (Å²) in [5.74, 6) is 0.458. The molecule has 0 aromatic heterocycles. The third kappa shape index (κ3) is 5.01. The zero-order chi connectivity index (χ0) is 10.9. The monoisotopic (exact) mass is 204 g/mol. The molecule has 0 N–H and O–H groups in total. The Morgan fingerprint density at radius 2 is 2.07 bits per heavy atom. The molecule has 0 aliphatic heterocycles. The molecule has 2 heteroatoms. The molecular weight excluding hydrogens is 188 g/mol. The quantitative estimate of drug-likeness (QED) is 0.318. The van der Waals surface area contributed by atoms with Gasteiger partial charge in [-0.15, -0.1) is 0 Å². The van der Waals surface area contributed by atoms with Crippen molar-refractivity contribution in [3.63, 3.8) is 0 Å². The van der Waals surface area contributed by atoms with E-state index in [0.717, 1.165) is 12.8 Å². The highest BCUT2D eigenvalue weighted by atomic mass is 16.5. The van der Waals surface area contributed by atoms with Crippen LogP contribution in [0.4, 0.5) is 0 Å². The first kappa shape index (κ1) is 11.5. The number of esters is 1. The molecule has 1 aromatic rings. The van der Waals surface area contributed by atoms with Gasteiger partial charge in [0.15, 0.2) is 0 Å². The summed E-state index contributed by atoms with van der Waals surface area (Å²) in [4.78, 5) is 11.3. The molecule has 0 aliphatic carbocycles. The van der Waals surface area contributed by atoms with E-state index in [4.69, 9.17) is 4.74 Å². The van der Waals surface area contributed by atoms with Crippen LogP contribution >= 0.6 is 0 Å². The predicted molar refractivity (Wildman–Crippen MR) is 60.7 cm³/mol. The van der Waals surface area contributed by atoms with Crippen molar-refractivity contribution in [3.05, 3.63) is 42.5 Å². The van der Waals surface area contributed by atoms with Gasteiger partial charge in [0, 0.05) is 6.42 Å². The predicted octanol–water partition coefficient (Wildman–Crippen LogP) is 3.34. The Morgan fingerprint density at radius 1 is 1.33 bits per heavy atom. The van der Waals surface area contributed by atoms with Crippen molar-refractivity contribution in [2.24, 2.45) is 0 Å². The fraction of sp³-hybridized carbons (Fsp3) is 0.308. The van der Waals surface area contributed by atoms with Crippen molar-refractivity contribution in [3.8, 4) is 5.75 Å². The van der Waals surface area contributed by atoms with E-state index in [9.17, 15) is 4.79 Å². The Kier molecular flexibility index (Phi) is 5.23. The van der Waals surface area contributed by atoms with Crippen LogP contribution in [0.3, 0.4) is 0 Å². The summed E-state index contributed by atoms with van der Waals surface area (Å²) in [5, 5.41) is 0. The first-order valence-electron chi connectivity index (χ1n) is 5.20. The molecule has 15 heavy (non-hydrogen) atoms. The van der Waals surface area contributed by atoms with Crippen molar-refractivity contribution in [1.29, 1.82) is 0 Å². The van der Waals surface area contributed by atoms with E-state index in [0.29, 0.717) is 12.2 Å². The van der Waals surface area contributed by atoms with Crippen LogP contribution in [0.15, 0.2) is 42.5 Å². The van der Waals surface area contributed by atoms with Gasteiger partial charge in [-0.05, 0) is 31.9 Å². The minimum absolute atomic E-state index is 0.161. The number of unbranched alkanes of at least 4 members (excludes halogenated alkanes) is 1. The molecule has 0 atom stereocenters. The van der Waals surface area contributed by atoms with E-state index in [1.807, 2.05) is 31.2 Å². The molecule has 0 radical (unpaired) electrons. The molecule has 0 amide bonds. The van der Waals surface area contributed by atoms with Crippen LogP contribution in [0.5, 0.6) is 5.75 Å². The Hall–Kier alpha value is -1.57. The number of ether oxygens (including phenoxy) is 1. The molecule has 0 spiro atoms. The summed E-state index contributed by atoms with van der Waals surface area (Å²) >= 11 is 0. The molecule has 80 valence electrons. The second kappa shape index (κ2) is 6.82. The second-order valence-corrected chi connectivity index (χ2v) is 3.25. The molecule has 0 heterocycles. The average Bonchev–Trinajstić information content (AvgIpc) is 2.26. The summed E-state index contributed by atoms with van der Waals surface area (Å²) in [5.41, 5.74) is 0. The normalized spacial score (nSPS) is 10.5. The fourth-order valence-electron chi connectivity index (χ4n) is 1.20. The Balaban J connectivity index is 2.25. The molecule has 1 aromatic carbocycles. The Bertz CT molecular complexity index is 315. The highest BCUT2D eigenvalue weighted by molar-refractivity contribution is 5.72. The Labute approximate surface area is 90.6 Å². The van der Waals surface area contributed by atoms with Gasteiger partial charge >= 0.3 is 5.97 Å².